The summed E-state index contributed by atoms with van der Waals surface area (Å²) in [4.78, 5) is 14.0. The Labute approximate surface area is 131 Å². The zero-order chi connectivity index (χ0) is 13.9. The van der Waals surface area contributed by atoms with E-state index in [0.717, 1.165) is 30.9 Å². The Bertz CT molecular complexity index is 492. The van der Waals surface area contributed by atoms with E-state index in [-0.39, 0.29) is 30.5 Å². The fourth-order valence-electron chi connectivity index (χ4n) is 2.71. The Balaban J connectivity index is 0.00000161. The molecule has 2 aliphatic rings. The summed E-state index contributed by atoms with van der Waals surface area (Å²) in [6, 6.07) is 7.59. The molecule has 1 aromatic rings. The van der Waals surface area contributed by atoms with Crippen LogP contribution in [0.5, 0.6) is 11.5 Å². The maximum Gasteiger partial charge on any atom is 0.239 e. The zero-order valence-electron chi connectivity index (χ0n) is 12.1. The first-order valence-electron chi connectivity index (χ1n) is 7.11. The molecular weight excluding hydrogens is 292 g/mol. The Kier molecular flexibility index (Phi) is 5.31. The van der Waals surface area contributed by atoms with Gasteiger partial charge in [-0.15, -0.1) is 12.4 Å². The molecule has 21 heavy (non-hydrogen) atoms. The van der Waals surface area contributed by atoms with E-state index in [2.05, 4.69) is 5.32 Å². The number of rotatable bonds is 3. The van der Waals surface area contributed by atoms with E-state index in [1.807, 2.05) is 31.3 Å². The summed E-state index contributed by atoms with van der Waals surface area (Å²) in [6.45, 7) is 1.96. The van der Waals surface area contributed by atoms with Crippen LogP contribution in [0.4, 0.5) is 0 Å². The number of fused-ring (bicyclic) bond motifs is 1. The smallest absolute Gasteiger partial charge is 0.239 e. The van der Waals surface area contributed by atoms with Crippen molar-refractivity contribution in [1.29, 1.82) is 0 Å². The summed E-state index contributed by atoms with van der Waals surface area (Å²) in [6.07, 6.45) is 1.88. The van der Waals surface area contributed by atoms with Crippen molar-refractivity contribution in [2.45, 2.75) is 25.0 Å². The van der Waals surface area contributed by atoms with Gasteiger partial charge in [-0.25, -0.2) is 0 Å². The molecule has 1 fully saturated rings. The van der Waals surface area contributed by atoms with E-state index in [1.165, 1.54) is 0 Å². The number of hydrogen-bond donors (Lipinski definition) is 1. The highest BCUT2D eigenvalue weighted by Gasteiger charge is 2.28. The topological polar surface area (TPSA) is 50.8 Å². The van der Waals surface area contributed by atoms with Crippen molar-refractivity contribution < 1.29 is 14.3 Å². The van der Waals surface area contributed by atoms with E-state index >= 15 is 0 Å². The van der Waals surface area contributed by atoms with Crippen LogP contribution in [-0.2, 0) is 4.79 Å². The molecule has 116 valence electrons. The first kappa shape index (κ1) is 15.9. The second-order valence-corrected chi connectivity index (χ2v) is 5.37. The summed E-state index contributed by atoms with van der Waals surface area (Å²) in [5, 5.41) is 3.23. The molecule has 0 bridgehead atoms. The van der Waals surface area contributed by atoms with Gasteiger partial charge in [-0.2, -0.15) is 0 Å². The van der Waals surface area contributed by atoms with Crippen LogP contribution < -0.4 is 14.8 Å². The first-order valence-corrected chi connectivity index (χ1v) is 7.11. The molecule has 2 unspecified atom stereocenters. The molecule has 2 atom stereocenters. The molecular formula is C15H21ClN2O3. The molecule has 1 N–H and O–H groups in total. The number of likely N-dealkylation sites (N-methyl/N-ethyl adjacent to an activating group) is 1. The Morgan fingerprint density at radius 3 is 2.86 bits per heavy atom. The molecule has 2 aliphatic heterocycles. The van der Waals surface area contributed by atoms with E-state index in [1.54, 1.807) is 4.90 Å². The third-order valence-corrected chi connectivity index (χ3v) is 3.78. The van der Waals surface area contributed by atoms with Gasteiger partial charge >= 0.3 is 0 Å². The molecule has 1 aromatic carbocycles. The number of halogens is 1. The van der Waals surface area contributed by atoms with E-state index in [9.17, 15) is 4.79 Å². The number of para-hydroxylation sites is 2. The van der Waals surface area contributed by atoms with Crippen LogP contribution in [0, 0.1) is 0 Å². The summed E-state index contributed by atoms with van der Waals surface area (Å²) in [7, 11) is 1.83. The molecule has 5 nitrogen and oxygen atoms in total. The zero-order valence-corrected chi connectivity index (χ0v) is 12.9. The van der Waals surface area contributed by atoms with Gasteiger partial charge < -0.3 is 19.7 Å². The van der Waals surface area contributed by atoms with Gasteiger partial charge in [-0.1, -0.05) is 12.1 Å². The van der Waals surface area contributed by atoms with Crippen molar-refractivity contribution in [1.82, 2.24) is 10.2 Å². The largest absolute Gasteiger partial charge is 0.486 e. The van der Waals surface area contributed by atoms with Crippen molar-refractivity contribution in [2.75, 3.05) is 26.7 Å². The standard InChI is InChI=1S/C15H20N2O3.ClH/c1-17(15(18)12-5-4-8-16-12)9-11-10-19-13-6-2-3-7-14(13)20-11;/h2-3,6-7,11-12,16H,4-5,8-10H2,1H3;1H. The molecule has 1 amide bonds. The van der Waals surface area contributed by atoms with E-state index in [0.29, 0.717) is 13.2 Å². The van der Waals surface area contributed by atoms with Crippen LogP contribution in [0.25, 0.3) is 0 Å². The molecule has 0 radical (unpaired) electrons. The van der Waals surface area contributed by atoms with Crippen molar-refractivity contribution in [3.63, 3.8) is 0 Å². The highest BCUT2D eigenvalue weighted by atomic mass is 35.5. The second kappa shape index (κ2) is 7.00. The van der Waals surface area contributed by atoms with Gasteiger partial charge in [0, 0.05) is 7.05 Å². The minimum atomic E-state index is -0.111. The van der Waals surface area contributed by atoms with Crippen molar-refractivity contribution in [3.8, 4) is 11.5 Å². The number of carbonyl (C=O) groups excluding carboxylic acids is 1. The molecule has 0 aromatic heterocycles. The molecule has 1 saturated heterocycles. The quantitative estimate of drug-likeness (QED) is 0.918. The number of nitrogens with one attached hydrogen (secondary N) is 1. The number of benzene rings is 1. The lowest BCUT2D eigenvalue weighted by atomic mass is 10.2. The lowest BCUT2D eigenvalue weighted by Gasteiger charge is -2.30. The number of amides is 1. The molecule has 3 rings (SSSR count). The SMILES string of the molecule is CN(CC1COc2ccccc2O1)C(=O)C1CCCN1.Cl. The maximum absolute atomic E-state index is 12.2. The summed E-state index contributed by atoms with van der Waals surface area (Å²) in [5.41, 5.74) is 0. The van der Waals surface area contributed by atoms with E-state index in [4.69, 9.17) is 9.47 Å². The number of ether oxygens (including phenoxy) is 2. The van der Waals surface area contributed by atoms with Crippen LogP contribution >= 0.6 is 12.4 Å². The maximum atomic E-state index is 12.2. The van der Waals surface area contributed by atoms with Crippen LogP contribution in [0.15, 0.2) is 24.3 Å². The number of hydrogen-bond acceptors (Lipinski definition) is 4. The molecule has 0 aliphatic carbocycles. The summed E-state index contributed by atoms with van der Waals surface area (Å²) in [5.74, 6) is 1.67. The number of nitrogens with zero attached hydrogens (tertiary/aromatic N) is 1. The van der Waals surface area contributed by atoms with Gasteiger partial charge in [0.2, 0.25) is 5.91 Å². The predicted octanol–water partition coefficient (Wildman–Crippen LogP) is 1.46. The third kappa shape index (κ3) is 3.60. The normalized spacial score (nSPS) is 23.3. The van der Waals surface area contributed by atoms with E-state index < -0.39 is 0 Å². The highest BCUT2D eigenvalue weighted by Crippen LogP contribution is 2.30. The van der Waals surface area contributed by atoms with Gasteiger partial charge in [0.05, 0.1) is 12.6 Å². The first-order chi connectivity index (χ1) is 9.74. The molecule has 2 heterocycles. The minimum absolute atomic E-state index is 0. The summed E-state index contributed by atoms with van der Waals surface area (Å²) < 4.78 is 11.5. The average Bonchev–Trinajstić information content (AvgIpc) is 3.00. The Hall–Kier alpha value is -1.46. The minimum Gasteiger partial charge on any atom is -0.486 e. The molecule has 6 heteroatoms. The van der Waals surface area contributed by atoms with Gasteiger partial charge in [-0.3, -0.25) is 4.79 Å². The Morgan fingerprint density at radius 2 is 2.14 bits per heavy atom. The van der Waals surface area contributed by atoms with Crippen molar-refractivity contribution in [2.24, 2.45) is 0 Å². The van der Waals surface area contributed by atoms with Gasteiger partial charge in [0.1, 0.15) is 6.61 Å². The van der Waals surface area contributed by atoms with Crippen LogP contribution in [0.1, 0.15) is 12.8 Å². The lowest BCUT2D eigenvalue weighted by molar-refractivity contribution is -0.133. The van der Waals surface area contributed by atoms with Gasteiger partial charge in [0.15, 0.2) is 17.6 Å². The Morgan fingerprint density at radius 1 is 1.38 bits per heavy atom. The highest BCUT2D eigenvalue weighted by molar-refractivity contribution is 5.85. The number of carbonyl (C=O) groups is 1. The fourth-order valence-corrected chi connectivity index (χ4v) is 2.71. The molecule has 0 saturated carbocycles. The van der Waals surface area contributed by atoms with Crippen LogP contribution in [0.3, 0.4) is 0 Å². The lowest BCUT2D eigenvalue weighted by Crippen LogP contribution is -2.47. The predicted molar refractivity (Wildman–Crippen MR) is 82.3 cm³/mol. The monoisotopic (exact) mass is 312 g/mol. The van der Waals surface area contributed by atoms with Crippen LogP contribution in [0.2, 0.25) is 0 Å². The molecule has 0 spiro atoms. The van der Waals surface area contributed by atoms with Crippen molar-refractivity contribution in [3.05, 3.63) is 24.3 Å². The van der Waals surface area contributed by atoms with Crippen LogP contribution in [-0.4, -0.2) is 49.7 Å². The van der Waals surface area contributed by atoms with Crippen molar-refractivity contribution >= 4 is 18.3 Å². The fraction of sp³-hybridized carbons (Fsp3) is 0.533. The average molecular weight is 313 g/mol. The van der Waals surface area contributed by atoms with Gasteiger partial charge in [0.25, 0.3) is 0 Å². The second-order valence-electron chi connectivity index (χ2n) is 5.37. The summed E-state index contributed by atoms with van der Waals surface area (Å²) >= 11 is 0. The third-order valence-electron chi connectivity index (χ3n) is 3.78. The van der Waals surface area contributed by atoms with Gasteiger partial charge in [-0.05, 0) is 31.5 Å².